The molecule has 0 saturated carbocycles. The van der Waals surface area contributed by atoms with E-state index in [-0.39, 0.29) is 12.5 Å². The molecule has 0 spiro atoms. The van der Waals surface area contributed by atoms with Crippen LogP contribution >= 0.6 is 23.4 Å². The van der Waals surface area contributed by atoms with Crippen LogP contribution in [0.5, 0.6) is 5.75 Å². The third kappa shape index (κ3) is 5.40. The van der Waals surface area contributed by atoms with Crippen LogP contribution in [0.15, 0.2) is 58.4 Å². The molecule has 29 heavy (non-hydrogen) atoms. The Hall–Kier alpha value is -2.77. The predicted molar refractivity (Wildman–Crippen MR) is 115 cm³/mol. The quantitative estimate of drug-likeness (QED) is 0.498. The van der Waals surface area contributed by atoms with Crippen LogP contribution in [0.3, 0.4) is 0 Å². The van der Waals surface area contributed by atoms with Gasteiger partial charge in [0, 0.05) is 17.6 Å². The first-order valence-corrected chi connectivity index (χ1v) is 10.1. The van der Waals surface area contributed by atoms with Gasteiger partial charge in [-0.1, -0.05) is 29.8 Å². The number of aliphatic imine (C=N–C) groups is 1. The normalized spacial score (nSPS) is 16.5. The van der Waals surface area contributed by atoms with E-state index in [1.807, 2.05) is 12.1 Å². The highest BCUT2D eigenvalue weighted by atomic mass is 35.5. The Morgan fingerprint density at radius 2 is 1.93 bits per heavy atom. The molecule has 0 radical (unpaired) electrons. The standard InChI is InChI=1S/C21H19ClN2O4S/c1-3-27-19(25)13-28-17-7-5-4-6-14(17)12-18-20(26)24(2)21(29-18)23-16-10-8-15(22)9-11-16/h4-12H,3,13H2,1-2H3/b18-12-,23-21?. The van der Waals surface area contributed by atoms with Crippen molar-refractivity contribution < 1.29 is 19.1 Å². The Kier molecular flexibility index (Phi) is 6.95. The second-order valence-electron chi connectivity index (χ2n) is 5.98. The third-order valence-corrected chi connectivity index (χ3v) is 5.22. The van der Waals surface area contributed by atoms with Gasteiger partial charge in [0.05, 0.1) is 17.2 Å². The molecule has 0 aliphatic carbocycles. The Labute approximate surface area is 178 Å². The maximum absolute atomic E-state index is 12.6. The summed E-state index contributed by atoms with van der Waals surface area (Å²) in [5, 5.41) is 1.19. The fraction of sp³-hybridized carbons (Fsp3) is 0.190. The number of halogens is 1. The lowest BCUT2D eigenvalue weighted by Gasteiger charge is -2.09. The number of carbonyl (C=O) groups is 2. The van der Waals surface area contributed by atoms with Gasteiger partial charge in [0.25, 0.3) is 5.91 Å². The monoisotopic (exact) mass is 430 g/mol. The van der Waals surface area contributed by atoms with Gasteiger partial charge in [-0.2, -0.15) is 0 Å². The van der Waals surface area contributed by atoms with E-state index in [9.17, 15) is 9.59 Å². The molecule has 1 amide bonds. The fourth-order valence-electron chi connectivity index (χ4n) is 2.49. The highest BCUT2D eigenvalue weighted by Crippen LogP contribution is 2.34. The number of thioether (sulfide) groups is 1. The van der Waals surface area contributed by atoms with Crippen molar-refractivity contribution in [3.05, 3.63) is 64.0 Å². The molecule has 0 aromatic heterocycles. The SMILES string of the molecule is CCOC(=O)COc1ccccc1/C=C1\SC(=Nc2ccc(Cl)cc2)N(C)C1=O. The summed E-state index contributed by atoms with van der Waals surface area (Å²) in [6.07, 6.45) is 1.73. The number of esters is 1. The number of rotatable bonds is 6. The van der Waals surface area contributed by atoms with E-state index in [0.29, 0.717) is 38.7 Å². The summed E-state index contributed by atoms with van der Waals surface area (Å²) in [4.78, 5) is 30.7. The molecule has 2 aromatic carbocycles. The molecule has 1 saturated heterocycles. The van der Waals surface area contributed by atoms with E-state index in [0.717, 1.165) is 0 Å². The van der Waals surface area contributed by atoms with Gasteiger partial charge in [-0.05, 0) is 55.1 Å². The van der Waals surface area contributed by atoms with Crippen LogP contribution in [0.4, 0.5) is 5.69 Å². The van der Waals surface area contributed by atoms with Crippen LogP contribution in [0.1, 0.15) is 12.5 Å². The maximum atomic E-state index is 12.6. The second-order valence-corrected chi connectivity index (χ2v) is 7.42. The lowest BCUT2D eigenvalue weighted by molar-refractivity contribution is -0.145. The Balaban J connectivity index is 1.81. The first-order chi connectivity index (χ1) is 14.0. The molecule has 0 bridgehead atoms. The van der Waals surface area contributed by atoms with Crippen LogP contribution in [0.2, 0.25) is 5.02 Å². The van der Waals surface area contributed by atoms with E-state index >= 15 is 0 Å². The van der Waals surface area contributed by atoms with Gasteiger partial charge >= 0.3 is 5.97 Å². The van der Waals surface area contributed by atoms with Gasteiger partial charge in [0.15, 0.2) is 11.8 Å². The molecule has 3 rings (SSSR count). The Morgan fingerprint density at radius 1 is 1.21 bits per heavy atom. The van der Waals surface area contributed by atoms with Gasteiger partial charge in [-0.3, -0.25) is 9.69 Å². The summed E-state index contributed by atoms with van der Waals surface area (Å²) in [6, 6.07) is 14.2. The zero-order valence-corrected chi connectivity index (χ0v) is 17.5. The number of nitrogens with zero attached hydrogens (tertiary/aromatic N) is 2. The molecule has 1 fully saturated rings. The average molecular weight is 431 g/mol. The first kappa shape index (κ1) is 21.0. The number of ether oxygens (including phenoxy) is 2. The molecule has 0 N–H and O–H groups in total. The van der Waals surface area contributed by atoms with Crippen molar-refractivity contribution in [1.82, 2.24) is 4.90 Å². The molecule has 8 heteroatoms. The minimum absolute atomic E-state index is 0.164. The van der Waals surface area contributed by atoms with E-state index in [1.54, 1.807) is 56.4 Å². The third-order valence-electron chi connectivity index (χ3n) is 3.91. The molecular weight excluding hydrogens is 412 g/mol. The van der Waals surface area contributed by atoms with Gasteiger partial charge in [-0.25, -0.2) is 9.79 Å². The number of amides is 1. The Bertz CT molecular complexity index is 973. The average Bonchev–Trinajstić information content (AvgIpc) is 2.97. The summed E-state index contributed by atoms with van der Waals surface area (Å²) < 4.78 is 10.4. The molecule has 1 aliphatic heterocycles. The minimum Gasteiger partial charge on any atom is -0.481 e. The Morgan fingerprint density at radius 3 is 2.66 bits per heavy atom. The minimum atomic E-state index is -0.446. The van der Waals surface area contributed by atoms with E-state index in [2.05, 4.69) is 4.99 Å². The van der Waals surface area contributed by atoms with Crippen LogP contribution in [0.25, 0.3) is 6.08 Å². The topological polar surface area (TPSA) is 68.2 Å². The van der Waals surface area contributed by atoms with Crippen LogP contribution < -0.4 is 4.74 Å². The van der Waals surface area contributed by atoms with E-state index < -0.39 is 5.97 Å². The number of hydrogen-bond donors (Lipinski definition) is 0. The lowest BCUT2D eigenvalue weighted by atomic mass is 10.2. The summed E-state index contributed by atoms with van der Waals surface area (Å²) >= 11 is 7.17. The highest BCUT2D eigenvalue weighted by molar-refractivity contribution is 8.18. The van der Waals surface area contributed by atoms with Crippen molar-refractivity contribution in [1.29, 1.82) is 0 Å². The molecular formula is C21H19ClN2O4S. The van der Waals surface area contributed by atoms with Crippen LogP contribution in [0, 0.1) is 0 Å². The molecule has 0 atom stereocenters. The molecule has 0 unspecified atom stereocenters. The molecule has 2 aromatic rings. The number of carbonyl (C=O) groups excluding carboxylic acids is 2. The molecule has 6 nitrogen and oxygen atoms in total. The molecule has 1 aliphatic rings. The van der Waals surface area contributed by atoms with Gasteiger partial charge in [0.1, 0.15) is 5.75 Å². The lowest BCUT2D eigenvalue weighted by Crippen LogP contribution is -2.23. The van der Waals surface area contributed by atoms with Crippen molar-refractivity contribution in [2.45, 2.75) is 6.92 Å². The summed E-state index contributed by atoms with van der Waals surface area (Å²) in [5.74, 6) is -0.117. The molecule has 1 heterocycles. The second kappa shape index (κ2) is 9.62. The maximum Gasteiger partial charge on any atom is 0.344 e. The van der Waals surface area contributed by atoms with Crippen LogP contribution in [-0.4, -0.2) is 42.2 Å². The summed E-state index contributed by atoms with van der Waals surface area (Å²) in [5.41, 5.74) is 1.39. The largest absolute Gasteiger partial charge is 0.481 e. The zero-order chi connectivity index (χ0) is 20.8. The summed E-state index contributed by atoms with van der Waals surface area (Å²) in [6.45, 7) is 1.83. The smallest absolute Gasteiger partial charge is 0.344 e. The zero-order valence-electron chi connectivity index (χ0n) is 15.9. The number of benzene rings is 2. The number of amidine groups is 1. The molecule has 150 valence electrons. The first-order valence-electron chi connectivity index (χ1n) is 8.87. The highest BCUT2D eigenvalue weighted by Gasteiger charge is 2.30. The fourth-order valence-corrected chi connectivity index (χ4v) is 3.59. The van der Waals surface area contributed by atoms with Gasteiger partial charge in [-0.15, -0.1) is 0 Å². The van der Waals surface area contributed by atoms with Crippen LogP contribution in [-0.2, 0) is 14.3 Å². The number of para-hydroxylation sites is 1. The predicted octanol–water partition coefficient (Wildman–Crippen LogP) is 4.52. The van der Waals surface area contributed by atoms with Crippen molar-refractivity contribution >= 4 is 52.2 Å². The van der Waals surface area contributed by atoms with Gasteiger partial charge in [0.2, 0.25) is 0 Å². The summed E-state index contributed by atoms with van der Waals surface area (Å²) in [7, 11) is 1.67. The van der Waals surface area contributed by atoms with Gasteiger partial charge < -0.3 is 9.47 Å². The van der Waals surface area contributed by atoms with E-state index in [4.69, 9.17) is 21.1 Å². The number of likely N-dealkylation sites (N-methyl/N-ethyl adjacent to an activating group) is 1. The van der Waals surface area contributed by atoms with E-state index in [1.165, 1.54) is 16.7 Å². The van der Waals surface area contributed by atoms with Crippen molar-refractivity contribution in [2.75, 3.05) is 20.3 Å². The van der Waals surface area contributed by atoms with Crippen molar-refractivity contribution in [2.24, 2.45) is 4.99 Å². The van der Waals surface area contributed by atoms with Crippen molar-refractivity contribution in [3.8, 4) is 5.75 Å². The van der Waals surface area contributed by atoms with Crippen molar-refractivity contribution in [3.63, 3.8) is 0 Å². The number of hydrogen-bond acceptors (Lipinski definition) is 6.